The van der Waals surface area contributed by atoms with Crippen LogP contribution in [0.2, 0.25) is 0 Å². The van der Waals surface area contributed by atoms with Gasteiger partial charge in [-0.05, 0) is 43.4 Å². The molecule has 0 spiro atoms. The van der Waals surface area contributed by atoms with Gasteiger partial charge < -0.3 is 10.4 Å². The van der Waals surface area contributed by atoms with Gasteiger partial charge in [0.25, 0.3) is 0 Å². The largest absolute Gasteiger partial charge is 0.387 e. The standard InChI is InChI=1S/C16H26FNO/c1-15(2,3)11-16(4,5)18-10-14(19)12-7-6-8-13(17)9-12/h6-9,14,18-19H,10-11H2,1-5H3. The number of halogens is 1. The molecule has 2 N–H and O–H groups in total. The summed E-state index contributed by atoms with van der Waals surface area (Å²) in [4.78, 5) is 0. The van der Waals surface area contributed by atoms with Crippen LogP contribution < -0.4 is 5.32 Å². The number of hydrogen-bond donors (Lipinski definition) is 2. The van der Waals surface area contributed by atoms with Gasteiger partial charge >= 0.3 is 0 Å². The molecule has 1 atom stereocenters. The van der Waals surface area contributed by atoms with Gasteiger partial charge in [-0.25, -0.2) is 4.39 Å². The normalized spacial score (nSPS) is 14.5. The lowest BCUT2D eigenvalue weighted by molar-refractivity contribution is 0.148. The third kappa shape index (κ3) is 6.17. The Morgan fingerprint density at radius 3 is 2.37 bits per heavy atom. The molecule has 0 saturated heterocycles. The minimum atomic E-state index is -0.685. The smallest absolute Gasteiger partial charge is 0.123 e. The van der Waals surface area contributed by atoms with E-state index < -0.39 is 6.10 Å². The first-order valence-electron chi connectivity index (χ1n) is 6.78. The molecule has 1 aromatic rings. The molecule has 1 rings (SSSR count). The summed E-state index contributed by atoms with van der Waals surface area (Å²) in [6.07, 6.45) is 0.311. The molecule has 0 aliphatic carbocycles. The molecule has 2 nitrogen and oxygen atoms in total. The summed E-state index contributed by atoms with van der Waals surface area (Å²) in [6, 6.07) is 6.12. The molecule has 19 heavy (non-hydrogen) atoms. The highest BCUT2D eigenvalue weighted by molar-refractivity contribution is 5.19. The van der Waals surface area contributed by atoms with E-state index in [2.05, 4.69) is 39.9 Å². The van der Waals surface area contributed by atoms with Crippen molar-refractivity contribution in [3.63, 3.8) is 0 Å². The van der Waals surface area contributed by atoms with Crippen LogP contribution in [0.5, 0.6) is 0 Å². The number of nitrogens with one attached hydrogen (secondary N) is 1. The lowest BCUT2D eigenvalue weighted by Gasteiger charge is -2.34. The summed E-state index contributed by atoms with van der Waals surface area (Å²) < 4.78 is 13.1. The molecule has 0 radical (unpaired) electrons. The first-order valence-corrected chi connectivity index (χ1v) is 6.78. The molecule has 0 saturated carbocycles. The Morgan fingerprint density at radius 2 is 1.84 bits per heavy atom. The molecule has 1 unspecified atom stereocenters. The lowest BCUT2D eigenvalue weighted by Crippen LogP contribution is -2.44. The lowest BCUT2D eigenvalue weighted by atomic mass is 9.81. The molecule has 0 heterocycles. The van der Waals surface area contributed by atoms with E-state index in [1.165, 1.54) is 12.1 Å². The fourth-order valence-corrected chi connectivity index (χ4v) is 2.59. The van der Waals surface area contributed by atoms with Crippen molar-refractivity contribution in [1.82, 2.24) is 5.32 Å². The maximum Gasteiger partial charge on any atom is 0.123 e. The predicted molar refractivity (Wildman–Crippen MR) is 77.5 cm³/mol. The summed E-state index contributed by atoms with van der Waals surface area (Å²) in [7, 11) is 0. The van der Waals surface area contributed by atoms with Crippen molar-refractivity contribution >= 4 is 0 Å². The summed E-state index contributed by atoms with van der Waals surface area (Å²) >= 11 is 0. The summed E-state index contributed by atoms with van der Waals surface area (Å²) in [5, 5.41) is 13.4. The predicted octanol–water partition coefficient (Wildman–Crippen LogP) is 3.66. The minimum absolute atomic E-state index is 0.0629. The Hall–Kier alpha value is -0.930. The third-order valence-electron chi connectivity index (χ3n) is 2.98. The highest BCUT2D eigenvalue weighted by atomic mass is 19.1. The van der Waals surface area contributed by atoms with E-state index in [9.17, 15) is 9.50 Å². The zero-order valence-corrected chi connectivity index (χ0v) is 12.6. The molecular formula is C16H26FNO. The quantitative estimate of drug-likeness (QED) is 0.853. The molecule has 3 heteroatoms. The van der Waals surface area contributed by atoms with Crippen molar-refractivity contribution in [3.05, 3.63) is 35.6 Å². The Bertz CT molecular complexity index is 409. The van der Waals surface area contributed by atoms with E-state index in [4.69, 9.17) is 0 Å². The average molecular weight is 267 g/mol. The summed E-state index contributed by atoms with van der Waals surface area (Å²) in [6.45, 7) is 11.2. The summed E-state index contributed by atoms with van der Waals surface area (Å²) in [5.41, 5.74) is 0.770. The van der Waals surface area contributed by atoms with E-state index in [1.54, 1.807) is 12.1 Å². The molecular weight excluding hydrogens is 241 g/mol. The van der Waals surface area contributed by atoms with Crippen molar-refractivity contribution in [2.24, 2.45) is 5.41 Å². The van der Waals surface area contributed by atoms with Gasteiger partial charge in [0.1, 0.15) is 5.82 Å². The first kappa shape index (κ1) is 16.1. The van der Waals surface area contributed by atoms with Crippen LogP contribution >= 0.6 is 0 Å². The minimum Gasteiger partial charge on any atom is -0.387 e. The van der Waals surface area contributed by atoms with Crippen LogP contribution in [-0.4, -0.2) is 17.2 Å². The molecule has 0 amide bonds. The van der Waals surface area contributed by atoms with Crippen molar-refractivity contribution in [3.8, 4) is 0 Å². The van der Waals surface area contributed by atoms with Crippen LogP contribution in [0.1, 0.15) is 52.7 Å². The van der Waals surface area contributed by atoms with Gasteiger partial charge in [0.05, 0.1) is 6.10 Å². The number of hydrogen-bond acceptors (Lipinski definition) is 2. The Balaban J connectivity index is 2.56. The molecule has 0 aliphatic rings. The van der Waals surface area contributed by atoms with Crippen LogP contribution in [0, 0.1) is 11.2 Å². The van der Waals surface area contributed by atoms with Crippen molar-refractivity contribution in [1.29, 1.82) is 0 Å². The zero-order chi connectivity index (χ0) is 14.7. The highest BCUT2D eigenvalue weighted by Crippen LogP contribution is 2.27. The van der Waals surface area contributed by atoms with Crippen LogP contribution in [0.4, 0.5) is 4.39 Å². The Morgan fingerprint density at radius 1 is 1.21 bits per heavy atom. The second-order valence-electron chi connectivity index (χ2n) is 7.07. The molecule has 0 aromatic heterocycles. The van der Waals surface area contributed by atoms with Crippen LogP contribution in [0.3, 0.4) is 0 Å². The molecule has 0 aliphatic heterocycles. The number of β-amino-alcohol motifs (C(OH)–C–C–N with tert-alkyl or cyclic N) is 1. The van der Waals surface area contributed by atoms with Gasteiger partial charge in [-0.3, -0.25) is 0 Å². The van der Waals surface area contributed by atoms with Crippen molar-refractivity contribution in [2.45, 2.75) is 52.7 Å². The van der Waals surface area contributed by atoms with E-state index in [0.29, 0.717) is 12.1 Å². The highest BCUT2D eigenvalue weighted by Gasteiger charge is 2.25. The number of rotatable bonds is 5. The maximum absolute atomic E-state index is 13.1. The molecule has 0 fully saturated rings. The third-order valence-corrected chi connectivity index (χ3v) is 2.98. The van der Waals surface area contributed by atoms with Crippen molar-refractivity contribution < 1.29 is 9.50 Å². The number of aliphatic hydroxyl groups excluding tert-OH is 1. The van der Waals surface area contributed by atoms with Crippen molar-refractivity contribution in [2.75, 3.05) is 6.54 Å². The van der Waals surface area contributed by atoms with Gasteiger partial charge in [0.15, 0.2) is 0 Å². The second kappa shape index (κ2) is 6.02. The second-order valence-corrected chi connectivity index (χ2v) is 7.07. The maximum atomic E-state index is 13.1. The van der Waals surface area contributed by atoms with Crippen LogP contribution in [0.25, 0.3) is 0 Å². The van der Waals surface area contributed by atoms with Gasteiger partial charge in [0.2, 0.25) is 0 Å². The molecule has 108 valence electrons. The van der Waals surface area contributed by atoms with E-state index >= 15 is 0 Å². The summed E-state index contributed by atoms with van der Waals surface area (Å²) in [5.74, 6) is -0.314. The topological polar surface area (TPSA) is 32.3 Å². The number of benzene rings is 1. The van der Waals surface area contributed by atoms with Gasteiger partial charge in [0, 0.05) is 12.1 Å². The van der Waals surface area contributed by atoms with Gasteiger partial charge in [-0.15, -0.1) is 0 Å². The van der Waals surface area contributed by atoms with Gasteiger partial charge in [-0.1, -0.05) is 32.9 Å². The average Bonchev–Trinajstić information content (AvgIpc) is 2.22. The zero-order valence-electron chi connectivity index (χ0n) is 12.6. The fraction of sp³-hybridized carbons (Fsp3) is 0.625. The fourth-order valence-electron chi connectivity index (χ4n) is 2.59. The van der Waals surface area contributed by atoms with E-state index in [1.807, 2.05) is 0 Å². The molecule has 1 aromatic carbocycles. The Kier molecular flexibility index (Phi) is 5.11. The van der Waals surface area contributed by atoms with Crippen LogP contribution in [-0.2, 0) is 0 Å². The monoisotopic (exact) mass is 267 g/mol. The van der Waals surface area contributed by atoms with E-state index in [-0.39, 0.29) is 16.8 Å². The first-order chi connectivity index (χ1) is 8.59. The number of aliphatic hydroxyl groups is 1. The van der Waals surface area contributed by atoms with E-state index in [0.717, 1.165) is 6.42 Å². The molecule has 0 bridgehead atoms. The Labute approximate surface area is 116 Å². The SMILES string of the molecule is CC(C)(C)CC(C)(C)NCC(O)c1cccc(F)c1. The van der Waals surface area contributed by atoms with Crippen LogP contribution in [0.15, 0.2) is 24.3 Å². The van der Waals surface area contributed by atoms with Gasteiger partial charge in [-0.2, -0.15) is 0 Å².